The quantitative estimate of drug-likeness (QED) is 0.682. The van der Waals surface area contributed by atoms with Crippen LogP contribution in [0, 0.1) is 11.7 Å². The van der Waals surface area contributed by atoms with Crippen molar-refractivity contribution in [2.24, 2.45) is 11.7 Å². The number of nitrogens with one attached hydrogen (secondary N) is 1. The van der Waals surface area contributed by atoms with Gasteiger partial charge in [0, 0.05) is 11.3 Å². The fourth-order valence-electron chi connectivity index (χ4n) is 2.38. The monoisotopic (exact) mass is 408 g/mol. The Morgan fingerprint density at radius 1 is 1.25 bits per heavy atom. The number of anilines is 1. The van der Waals surface area contributed by atoms with Gasteiger partial charge in [0.15, 0.2) is 11.5 Å². The molecule has 0 heterocycles. The van der Waals surface area contributed by atoms with Crippen molar-refractivity contribution in [2.75, 3.05) is 19.0 Å². The van der Waals surface area contributed by atoms with E-state index < -0.39 is 17.6 Å². The maximum absolute atomic E-state index is 13.6. The van der Waals surface area contributed by atoms with Crippen LogP contribution in [0.3, 0.4) is 0 Å². The first-order chi connectivity index (χ1) is 13.2. The molecule has 28 heavy (non-hydrogen) atoms. The van der Waals surface area contributed by atoms with Crippen molar-refractivity contribution in [1.82, 2.24) is 0 Å². The summed E-state index contributed by atoms with van der Waals surface area (Å²) in [5.41, 5.74) is 5.23. The van der Waals surface area contributed by atoms with E-state index in [1.807, 2.05) is 0 Å². The lowest BCUT2D eigenvalue weighted by atomic mass is 10.1. The molecule has 150 valence electrons. The first-order valence-corrected chi connectivity index (χ1v) is 9.01. The van der Waals surface area contributed by atoms with Crippen molar-refractivity contribution in [3.8, 4) is 11.5 Å². The molecule has 0 aliphatic rings. The van der Waals surface area contributed by atoms with Gasteiger partial charge in [-0.25, -0.2) is 4.39 Å². The molecule has 2 amide bonds. The van der Waals surface area contributed by atoms with Crippen molar-refractivity contribution in [1.29, 1.82) is 0 Å². The van der Waals surface area contributed by atoms with Gasteiger partial charge in [0.05, 0.1) is 24.3 Å². The molecule has 8 heteroatoms. The predicted octanol–water partition coefficient (Wildman–Crippen LogP) is 4.26. The van der Waals surface area contributed by atoms with Gasteiger partial charge in [0.2, 0.25) is 0 Å². The molecule has 3 N–H and O–H groups in total. The lowest BCUT2D eigenvalue weighted by Gasteiger charge is -2.15. The molecule has 0 aliphatic heterocycles. The number of amides is 2. The molecule has 0 aromatic heterocycles. The van der Waals surface area contributed by atoms with E-state index in [0.717, 1.165) is 18.6 Å². The maximum Gasteiger partial charge on any atom is 0.255 e. The lowest BCUT2D eigenvalue weighted by Crippen LogP contribution is -2.16. The minimum atomic E-state index is -0.929. The first kappa shape index (κ1) is 21.5. The highest BCUT2D eigenvalue weighted by Crippen LogP contribution is 2.37. The average molecular weight is 409 g/mol. The smallest absolute Gasteiger partial charge is 0.255 e. The zero-order valence-corrected chi connectivity index (χ0v) is 16.6. The second-order valence-electron chi connectivity index (χ2n) is 6.53. The van der Waals surface area contributed by atoms with Crippen LogP contribution in [0.1, 0.15) is 41.0 Å². The molecule has 0 fully saturated rings. The van der Waals surface area contributed by atoms with Gasteiger partial charge in [-0.1, -0.05) is 25.4 Å². The Kier molecular flexibility index (Phi) is 7.23. The van der Waals surface area contributed by atoms with E-state index in [0.29, 0.717) is 24.0 Å². The third-order valence-corrected chi connectivity index (χ3v) is 4.20. The molecule has 2 rings (SSSR count). The Labute approximate surface area is 167 Å². The third kappa shape index (κ3) is 5.36. The van der Waals surface area contributed by atoms with Crippen molar-refractivity contribution in [3.05, 3.63) is 52.3 Å². The molecule has 0 saturated heterocycles. The van der Waals surface area contributed by atoms with Crippen molar-refractivity contribution in [2.45, 2.75) is 20.3 Å². The first-order valence-electron chi connectivity index (χ1n) is 8.64. The average Bonchev–Trinajstić information content (AvgIpc) is 2.63. The predicted molar refractivity (Wildman–Crippen MR) is 106 cm³/mol. The molecule has 0 atom stereocenters. The Bertz CT molecular complexity index is 887. The van der Waals surface area contributed by atoms with Gasteiger partial charge in [-0.15, -0.1) is 0 Å². The minimum absolute atomic E-state index is 0.211. The van der Waals surface area contributed by atoms with Gasteiger partial charge >= 0.3 is 0 Å². The van der Waals surface area contributed by atoms with Gasteiger partial charge in [0.25, 0.3) is 11.8 Å². The Balaban J connectivity index is 2.23. The van der Waals surface area contributed by atoms with E-state index >= 15 is 0 Å². The molecular weight excluding hydrogens is 387 g/mol. The van der Waals surface area contributed by atoms with Crippen LogP contribution in [0.5, 0.6) is 11.5 Å². The van der Waals surface area contributed by atoms with E-state index in [1.54, 1.807) is 0 Å². The number of primary amides is 1. The summed E-state index contributed by atoms with van der Waals surface area (Å²) in [7, 11) is 1.45. The molecule has 0 radical (unpaired) electrons. The van der Waals surface area contributed by atoms with Gasteiger partial charge in [-0.05, 0) is 42.7 Å². The lowest BCUT2D eigenvalue weighted by molar-refractivity contribution is 0.0992. The number of benzene rings is 2. The summed E-state index contributed by atoms with van der Waals surface area (Å²) in [5, 5.41) is 2.80. The molecule has 2 aromatic carbocycles. The number of hydrogen-bond acceptors (Lipinski definition) is 4. The van der Waals surface area contributed by atoms with E-state index in [2.05, 4.69) is 19.2 Å². The van der Waals surface area contributed by atoms with Gasteiger partial charge in [0.1, 0.15) is 5.82 Å². The second kappa shape index (κ2) is 9.41. The Morgan fingerprint density at radius 3 is 2.57 bits per heavy atom. The number of rotatable bonds is 8. The number of ether oxygens (including phenoxy) is 2. The molecule has 0 unspecified atom stereocenters. The van der Waals surface area contributed by atoms with Gasteiger partial charge < -0.3 is 20.5 Å². The van der Waals surface area contributed by atoms with Crippen molar-refractivity contribution < 1.29 is 23.5 Å². The van der Waals surface area contributed by atoms with Crippen LogP contribution in [0.25, 0.3) is 0 Å². The second-order valence-corrected chi connectivity index (χ2v) is 6.94. The molecule has 2 aromatic rings. The summed E-state index contributed by atoms with van der Waals surface area (Å²) in [5.74, 6) is -1.07. The normalized spacial score (nSPS) is 10.6. The fraction of sp³-hybridized carbons (Fsp3) is 0.300. The maximum atomic E-state index is 13.6. The highest BCUT2D eigenvalue weighted by Gasteiger charge is 2.17. The molecule has 0 saturated carbocycles. The van der Waals surface area contributed by atoms with Gasteiger partial charge in [-0.3, -0.25) is 9.59 Å². The van der Waals surface area contributed by atoms with E-state index in [-0.39, 0.29) is 21.8 Å². The van der Waals surface area contributed by atoms with E-state index in [4.69, 9.17) is 26.8 Å². The number of hydrogen-bond donors (Lipinski definition) is 2. The summed E-state index contributed by atoms with van der Waals surface area (Å²) in [6.07, 6.45) is 0.842. The Hall–Kier alpha value is -2.80. The summed E-state index contributed by atoms with van der Waals surface area (Å²) in [6, 6.07) is 6.47. The summed E-state index contributed by atoms with van der Waals surface area (Å²) in [4.78, 5) is 23.8. The van der Waals surface area contributed by atoms with Crippen molar-refractivity contribution >= 4 is 29.1 Å². The molecule has 6 nitrogen and oxygen atoms in total. The van der Waals surface area contributed by atoms with Crippen LogP contribution in [-0.2, 0) is 0 Å². The van der Waals surface area contributed by atoms with Crippen LogP contribution >= 0.6 is 11.6 Å². The van der Waals surface area contributed by atoms with Crippen molar-refractivity contribution in [3.63, 3.8) is 0 Å². The number of nitrogens with two attached hydrogens (primary N) is 1. The van der Waals surface area contributed by atoms with E-state index in [9.17, 15) is 14.0 Å². The molecular formula is C20H22ClFN2O4. The standard InChI is InChI=1S/C20H22ClFN2O4/c1-11(2)6-7-28-18-15(21)8-12(9-17(18)27-3)20(26)24-13-4-5-16(22)14(10-13)19(23)25/h4-5,8-11H,6-7H2,1-3H3,(H2,23,25)(H,24,26). The molecule has 0 aliphatic carbocycles. The topological polar surface area (TPSA) is 90.6 Å². The zero-order chi connectivity index (χ0) is 20.8. The largest absolute Gasteiger partial charge is 0.493 e. The summed E-state index contributed by atoms with van der Waals surface area (Å²) < 4.78 is 24.6. The van der Waals surface area contributed by atoms with E-state index in [1.165, 1.54) is 25.3 Å². The summed E-state index contributed by atoms with van der Waals surface area (Å²) >= 11 is 6.27. The SMILES string of the molecule is COc1cc(C(=O)Nc2ccc(F)c(C(N)=O)c2)cc(Cl)c1OCCC(C)C. The zero-order valence-electron chi connectivity index (χ0n) is 15.8. The van der Waals surface area contributed by atoms with Crippen LogP contribution in [-0.4, -0.2) is 25.5 Å². The number of halogens is 2. The Morgan fingerprint density at radius 2 is 1.96 bits per heavy atom. The highest BCUT2D eigenvalue weighted by atomic mass is 35.5. The van der Waals surface area contributed by atoms with Crippen LogP contribution < -0.4 is 20.5 Å². The van der Waals surface area contributed by atoms with Gasteiger partial charge in [-0.2, -0.15) is 0 Å². The minimum Gasteiger partial charge on any atom is -0.493 e. The summed E-state index contributed by atoms with van der Waals surface area (Å²) in [6.45, 7) is 4.62. The third-order valence-electron chi connectivity index (χ3n) is 3.92. The highest BCUT2D eigenvalue weighted by molar-refractivity contribution is 6.32. The number of carbonyl (C=O) groups excluding carboxylic acids is 2. The number of methoxy groups -OCH3 is 1. The number of carbonyl (C=O) groups is 2. The fourth-order valence-corrected chi connectivity index (χ4v) is 2.65. The van der Waals surface area contributed by atoms with Crippen LogP contribution in [0.2, 0.25) is 5.02 Å². The molecule has 0 spiro atoms. The molecule has 0 bridgehead atoms. The van der Waals surface area contributed by atoms with Crippen LogP contribution in [0.15, 0.2) is 30.3 Å². The van der Waals surface area contributed by atoms with Crippen LogP contribution in [0.4, 0.5) is 10.1 Å².